The molecule has 8 nitrogen and oxygen atoms in total. The average Bonchev–Trinajstić information content (AvgIpc) is 2.91. The van der Waals surface area contributed by atoms with Crippen LogP contribution in [0.2, 0.25) is 10.0 Å². The lowest BCUT2D eigenvalue weighted by molar-refractivity contribution is -0.139. The van der Waals surface area contributed by atoms with Crippen molar-refractivity contribution >= 4 is 50.7 Å². The van der Waals surface area contributed by atoms with Gasteiger partial charge in [0.15, 0.2) is 0 Å². The third-order valence-corrected chi connectivity index (χ3v) is 8.48. The number of hydrogen-bond donors (Lipinski definition) is 1. The molecule has 214 valence electrons. The van der Waals surface area contributed by atoms with E-state index in [2.05, 4.69) is 5.32 Å². The van der Waals surface area contributed by atoms with Crippen molar-refractivity contribution in [3.05, 3.63) is 87.9 Å². The Morgan fingerprint density at radius 2 is 1.65 bits per heavy atom. The summed E-state index contributed by atoms with van der Waals surface area (Å²) >= 11 is 12.7. The van der Waals surface area contributed by atoms with E-state index in [-0.39, 0.29) is 39.1 Å². The maximum Gasteiger partial charge on any atom is 0.264 e. The molecule has 3 rings (SSSR count). The van der Waals surface area contributed by atoms with Crippen LogP contribution in [0.15, 0.2) is 71.6 Å². The Labute approximate surface area is 245 Å². The molecule has 0 radical (unpaired) electrons. The van der Waals surface area contributed by atoms with Crippen LogP contribution in [0.5, 0.6) is 5.75 Å². The van der Waals surface area contributed by atoms with E-state index in [0.717, 1.165) is 9.87 Å². The summed E-state index contributed by atoms with van der Waals surface area (Å²) in [5.74, 6) is -0.403. The molecule has 11 heteroatoms. The second kappa shape index (κ2) is 13.4. The summed E-state index contributed by atoms with van der Waals surface area (Å²) in [6.07, 6.45) is 0. The van der Waals surface area contributed by atoms with Crippen molar-refractivity contribution in [2.45, 2.75) is 51.2 Å². The minimum absolute atomic E-state index is 0.0214. The summed E-state index contributed by atoms with van der Waals surface area (Å²) < 4.78 is 34.1. The summed E-state index contributed by atoms with van der Waals surface area (Å²) in [4.78, 5) is 28.3. The van der Waals surface area contributed by atoms with Crippen LogP contribution in [-0.4, -0.2) is 50.9 Å². The Morgan fingerprint density at radius 1 is 0.975 bits per heavy atom. The Bertz CT molecular complexity index is 1460. The molecule has 0 fully saturated rings. The normalized spacial score (nSPS) is 12.1. The van der Waals surface area contributed by atoms with E-state index in [9.17, 15) is 18.0 Å². The van der Waals surface area contributed by atoms with Crippen LogP contribution in [0.25, 0.3) is 0 Å². The SMILES string of the molecule is COc1cccc(CN(C(=O)CN(c2cc(Cl)ccc2Cl)S(=O)(=O)c2ccc(C)cc2)[C@H](C)C(=O)NC(C)C)c1. The van der Waals surface area contributed by atoms with Crippen LogP contribution in [0, 0.1) is 6.92 Å². The predicted molar refractivity (Wildman–Crippen MR) is 158 cm³/mol. The van der Waals surface area contributed by atoms with Gasteiger partial charge in [-0.25, -0.2) is 8.42 Å². The zero-order valence-electron chi connectivity index (χ0n) is 23.0. The highest BCUT2D eigenvalue weighted by atomic mass is 35.5. The molecule has 0 spiro atoms. The Kier molecular flexibility index (Phi) is 10.5. The van der Waals surface area contributed by atoms with Gasteiger partial charge in [-0.15, -0.1) is 0 Å². The quantitative estimate of drug-likeness (QED) is 0.313. The van der Waals surface area contributed by atoms with Gasteiger partial charge in [-0.2, -0.15) is 0 Å². The number of carbonyl (C=O) groups is 2. The zero-order valence-corrected chi connectivity index (χ0v) is 25.3. The first-order valence-corrected chi connectivity index (χ1v) is 14.8. The predicted octanol–water partition coefficient (Wildman–Crippen LogP) is 5.45. The number of ether oxygens (including phenoxy) is 1. The van der Waals surface area contributed by atoms with Gasteiger partial charge in [0.25, 0.3) is 10.0 Å². The molecule has 0 saturated carbocycles. The number of amides is 2. The Balaban J connectivity index is 2.08. The molecule has 0 aliphatic rings. The van der Waals surface area contributed by atoms with E-state index < -0.39 is 28.5 Å². The lowest BCUT2D eigenvalue weighted by Crippen LogP contribution is -2.52. The fraction of sp³-hybridized carbons (Fsp3) is 0.310. The number of carbonyl (C=O) groups excluding carboxylic acids is 2. The summed E-state index contributed by atoms with van der Waals surface area (Å²) in [5.41, 5.74) is 1.62. The molecule has 1 atom stereocenters. The van der Waals surface area contributed by atoms with Gasteiger partial charge in [-0.3, -0.25) is 13.9 Å². The lowest BCUT2D eigenvalue weighted by atomic mass is 10.1. The maximum absolute atomic E-state index is 14.0. The molecule has 0 unspecified atom stereocenters. The molecule has 0 aromatic heterocycles. The van der Waals surface area contributed by atoms with Crippen molar-refractivity contribution in [3.63, 3.8) is 0 Å². The molecule has 0 heterocycles. The molecule has 1 N–H and O–H groups in total. The Morgan fingerprint density at radius 3 is 2.27 bits per heavy atom. The summed E-state index contributed by atoms with van der Waals surface area (Å²) in [6, 6.07) is 16.7. The van der Waals surface area contributed by atoms with E-state index in [1.165, 1.54) is 42.3 Å². The van der Waals surface area contributed by atoms with Gasteiger partial charge in [0.1, 0.15) is 18.3 Å². The smallest absolute Gasteiger partial charge is 0.264 e. The van der Waals surface area contributed by atoms with Crippen LogP contribution >= 0.6 is 23.2 Å². The highest BCUT2D eigenvalue weighted by Gasteiger charge is 2.33. The molecular weight excluding hydrogens is 573 g/mol. The number of nitrogens with zero attached hydrogens (tertiary/aromatic N) is 2. The molecule has 3 aromatic rings. The lowest BCUT2D eigenvalue weighted by Gasteiger charge is -2.32. The minimum atomic E-state index is -4.27. The third-order valence-electron chi connectivity index (χ3n) is 6.15. The van der Waals surface area contributed by atoms with Crippen molar-refractivity contribution in [1.29, 1.82) is 0 Å². The largest absolute Gasteiger partial charge is 0.497 e. The second-order valence-electron chi connectivity index (χ2n) is 9.63. The Hall–Kier alpha value is -3.27. The molecule has 0 saturated heterocycles. The summed E-state index contributed by atoms with van der Waals surface area (Å²) in [6.45, 7) is 6.47. The van der Waals surface area contributed by atoms with Crippen LogP contribution in [-0.2, 0) is 26.2 Å². The molecule has 2 amide bonds. The van der Waals surface area contributed by atoms with Crippen molar-refractivity contribution in [2.75, 3.05) is 18.0 Å². The van der Waals surface area contributed by atoms with Gasteiger partial charge < -0.3 is 15.0 Å². The number of nitrogens with one attached hydrogen (secondary N) is 1. The first kappa shape index (κ1) is 31.3. The van der Waals surface area contributed by atoms with Gasteiger partial charge in [-0.05, 0) is 75.7 Å². The van der Waals surface area contributed by atoms with Gasteiger partial charge in [0.05, 0.1) is 22.7 Å². The number of benzene rings is 3. The van der Waals surface area contributed by atoms with Crippen LogP contribution in [0.4, 0.5) is 5.69 Å². The van der Waals surface area contributed by atoms with Gasteiger partial charge in [-0.1, -0.05) is 53.0 Å². The summed E-state index contributed by atoms with van der Waals surface area (Å²) in [5, 5.41) is 3.16. The molecule has 0 aliphatic carbocycles. The van der Waals surface area contributed by atoms with E-state index in [0.29, 0.717) is 11.3 Å². The fourth-order valence-electron chi connectivity index (χ4n) is 3.98. The average molecular weight is 607 g/mol. The highest BCUT2D eigenvalue weighted by molar-refractivity contribution is 7.92. The van der Waals surface area contributed by atoms with Crippen LogP contribution < -0.4 is 14.4 Å². The molecule has 0 bridgehead atoms. The second-order valence-corrected chi connectivity index (χ2v) is 12.3. The van der Waals surface area contributed by atoms with Crippen molar-refractivity contribution in [3.8, 4) is 5.75 Å². The molecule has 0 aliphatic heterocycles. The van der Waals surface area contributed by atoms with E-state index in [4.69, 9.17) is 27.9 Å². The molecule has 3 aromatic carbocycles. The van der Waals surface area contributed by atoms with E-state index >= 15 is 0 Å². The topological polar surface area (TPSA) is 96.0 Å². The monoisotopic (exact) mass is 605 g/mol. The number of rotatable bonds is 11. The van der Waals surface area contributed by atoms with Crippen molar-refractivity contribution in [1.82, 2.24) is 10.2 Å². The number of hydrogen-bond acceptors (Lipinski definition) is 5. The number of halogens is 2. The number of methoxy groups -OCH3 is 1. The van der Waals surface area contributed by atoms with Gasteiger partial charge in [0.2, 0.25) is 11.8 Å². The fourth-order valence-corrected chi connectivity index (χ4v) is 5.84. The molecule has 40 heavy (non-hydrogen) atoms. The first-order valence-electron chi connectivity index (χ1n) is 12.6. The first-order chi connectivity index (χ1) is 18.8. The number of sulfonamides is 1. The standard InChI is InChI=1S/C29H33Cl2N3O5S/c1-19(2)32-29(36)21(4)33(17-22-7-6-8-24(15-22)39-5)28(35)18-34(27-16-23(30)11-14-26(27)31)40(37,38)25-12-9-20(3)10-13-25/h6-16,19,21H,17-18H2,1-5H3,(H,32,36)/t21-/m1/s1. The van der Waals surface area contributed by atoms with Crippen LogP contribution in [0.3, 0.4) is 0 Å². The van der Waals surface area contributed by atoms with Crippen molar-refractivity contribution in [2.24, 2.45) is 0 Å². The third kappa shape index (κ3) is 7.68. The van der Waals surface area contributed by atoms with Crippen LogP contribution in [0.1, 0.15) is 31.9 Å². The highest BCUT2D eigenvalue weighted by Crippen LogP contribution is 2.33. The molecular formula is C29H33Cl2N3O5S. The number of aryl methyl sites for hydroxylation is 1. The van der Waals surface area contributed by atoms with Gasteiger partial charge >= 0.3 is 0 Å². The van der Waals surface area contributed by atoms with E-state index in [1.54, 1.807) is 43.3 Å². The zero-order chi connectivity index (χ0) is 29.6. The van der Waals surface area contributed by atoms with Gasteiger partial charge in [0, 0.05) is 17.6 Å². The van der Waals surface area contributed by atoms with Crippen molar-refractivity contribution < 1.29 is 22.7 Å². The maximum atomic E-state index is 14.0. The summed E-state index contributed by atoms with van der Waals surface area (Å²) in [7, 11) is -2.73. The minimum Gasteiger partial charge on any atom is -0.497 e. The number of anilines is 1. The van der Waals surface area contributed by atoms with E-state index in [1.807, 2.05) is 20.8 Å².